The smallest absolute Gasteiger partial charge is 0.337 e. The van der Waals surface area contributed by atoms with E-state index in [1.807, 2.05) is 0 Å². The summed E-state index contributed by atoms with van der Waals surface area (Å²) >= 11 is 6.55. The molecule has 2 aromatic rings. The second-order valence-electron chi connectivity index (χ2n) is 8.03. The number of nitro groups is 1. The van der Waals surface area contributed by atoms with Gasteiger partial charge < -0.3 is 4.74 Å². The number of nitrogens with one attached hydrogen (secondary N) is 2. The van der Waals surface area contributed by atoms with Crippen LogP contribution < -0.4 is 10.9 Å². The van der Waals surface area contributed by atoms with Gasteiger partial charge in [-0.15, -0.1) is 0 Å². The first-order chi connectivity index (χ1) is 18.2. The summed E-state index contributed by atoms with van der Waals surface area (Å²) in [6.07, 6.45) is 3.59. The van der Waals surface area contributed by atoms with Crippen LogP contribution in [0.4, 0.5) is 5.69 Å². The number of nitro benzene ring substituents is 1. The minimum absolute atomic E-state index is 0.122. The lowest BCUT2D eigenvalue weighted by Crippen LogP contribution is -2.41. The van der Waals surface area contributed by atoms with Crippen LogP contribution in [0.25, 0.3) is 6.08 Å². The molecule has 0 aliphatic carbocycles. The zero-order valence-corrected chi connectivity index (χ0v) is 21.9. The highest BCUT2D eigenvalue weighted by Gasteiger charge is 2.31. The fourth-order valence-corrected chi connectivity index (χ4v) is 4.80. The maximum absolute atomic E-state index is 12.8. The number of hydrogen-bond acceptors (Lipinski definition) is 9. The largest absolute Gasteiger partial charge is 0.465 e. The van der Waals surface area contributed by atoms with E-state index in [0.29, 0.717) is 40.6 Å². The van der Waals surface area contributed by atoms with Gasteiger partial charge in [0.25, 0.3) is 17.5 Å². The van der Waals surface area contributed by atoms with E-state index in [9.17, 15) is 29.3 Å². The molecule has 2 N–H and O–H groups in total. The van der Waals surface area contributed by atoms with Crippen LogP contribution in [0.3, 0.4) is 0 Å². The number of thiocarbonyl (C=S) groups is 1. The molecule has 1 aliphatic rings. The molecule has 1 heterocycles. The molecule has 0 aromatic heterocycles. The summed E-state index contributed by atoms with van der Waals surface area (Å²) in [5.41, 5.74) is 5.08. The van der Waals surface area contributed by atoms with Crippen molar-refractivity contribution in [3.05, 3.63) is 80.2 Å². The van der Waals surface area contributed by atoms with Crippen molar-refractivity contribution in [1.82, 2.24) is 15.8 Å². The van der Waals surface area contributed by atoms with Crippen molar-refractivity contribution >= 4 is 63.8 Å². The predicted molar refractivity (Wildman–Crippen MR) is 145 cm³/mol. The van der Waals surface area contributed by atoms with Gasteiger partial charge in [-0.2, -0.15) is 0 Å². The fourth-order valence-electron chi connectivity index (χ4n) is 3.49. The van der Waals surface area contributed by atoms with Crippen molar-refractivity contribution in [2.75, 3.05) is 13.7 Å². The fraction of sp³-hybridized carbons (Fsp3) is 0.240. The Hall–Kier alpha value is -4.10. The van der Waals surface area contributed by atoms with E-state index in [4.69, 9.17) is 12.2 Å². The van der Waals surface area contributed by atoms with Gasteiger partial charge in [0.1, 0.15) is 9.88 Å². The first kappa shape index (κ1) is 28.5. The highest BCUT2D eigenvalue weighted by Crippen LogP contribution is 2.32. The number of rotatable bonds is 10. The van der Waals surface area contributed by atoms with Crippen LogP contribution in [0.1, 0.15) is 52.0 Å². The molecule has 1 aliphatic heterocycles. The summed E-state index contributed by atoms with van der Waals surface area (Å²) < 4.78 is 5.12. The van der Waals surface area contributed by atoms with Crippen molar-refractivity contribution in [2.45, 2.75) is 25.7 Å². The van der Waals surface area contributed by atoms with Gasteiger partial charge in [-0.05, 0) is 42.7 Å². The molecule has 0 bridgehead atoms. The minimum Gasteiger partial charge on any atom is -0.465 e. The lowest BCUT2D eigenvalue weighted by Gasteiger charge is -2.14. The number of nitrogens with zero attached hydrogens (tertiary/aromatic N) is 2. The quantitative estimate of drug-likeness (QED) is 0.112. The number of thioether (sulfide) groups is 1. The molecule has 0 unspecified atom stereocenters. The number of carbonyl (C=O) groups is 4. The third-order valence-electron chi connectivity index (χ3n) is 5.45. The van der Waals surface area contributed by atoms with Crippen molar-refractivity contribution in [3.8, 4) is 0 Å². The maximum Gasteiger partial charge on any atom is 0.337 e. The topological polar surface area (TPSA) is 148 Å². The summed E-state index contributed by atoms with van der Waals surface area (Å²) in [4.78, 5) is 60.9. The van der Waals surface area contributed by atoms with Crippen LogP contribution in [0.5, 0.6) is 0 Å². The molecular formula is C25H24N4O7S2. The van der Waals surface area contributed by atoms with E-state index in [1.54, 1.807) is 30.3 Å². The van der Waals surface area contributed by atoms with Crippen molar-refractivity contribution in [3.63, 3.8) is 0 Å². The third kappa shape index (κ3) is 7.46. The molecule has 13 heteroatoms. The number of hydrogen-bond donors (Lipinski definition) is 2. The first-order valence-corrected chi connectivity index (χ1v) is 12.7. The number of carbonyl (C=O) groups excluding carboxylic acids is 4. The Bertz CT molecular complexity index is 1290. The van der Waals surface area contributed by atoms with Crippen LogP contribution in [0, 0.1) is 10.1 Å². The molecule has 11 nitrogen and oxygen atoms in total. The van der Waals surface area contributed by atoms with Gasteiger partial charge in [0, 0.05) is 19.0 Å². The highest BCUT2D eigenvalue weighted by atomic mass is 32.2. The Morgan fingerprint density at radius 1 is 1.08 bits per heavy atom. The summed E-state index contributed by atoms with van der Waals surface area (Å²) in [5.74, 6) is -1.87. The number of para-hydroxylation sites is 1. The number of unbranched alkanes of at least 4 members (excludes halogenated alkanes) is 2. The lowest BCUT2D eigenvalue weighted by molar-refractivity contribution is -0.385. The zero-order chi connectivity index (χ0) is 27.7. The van der Waals surface area contributed by atoms with Crippen molar-refractivity contribution < 1.29 is 28.8 Å². The highest BCUT2D eigenvalue weighted by molar-refractivity contribution is 8.26. The molecule has 0 radical (unpaired) electrons. The second kappa shape index (κ2) is 13.4. The van der Waals surface area contributed by atoms with E-state index in [1.165, 1.54) is 48.0 Å². The Labute approximate surface area is 227 Å². The number of benzene rings is 2. The van der Waals surface area contributed by atoms with Crippen LogP contribution in [-0.2, 0) is 14.3 Å². The number of methoxy groups -OCH3 is 1. The molecule has 3 amide bonds. The van der Waals surface area contributed by atoms with Crippen molar-refractivity contribution in [1.29, 1.82) is 0 Å². The van der Waals surface area contributed by atoms with Crippen LogP contribution in [0.15, 0.2) is 53.4 Å². The predicted octanol–water partition coefficient (Wildman–Crippen LogP) is 3.60. The molecular weight excluding hydrogens is 532 g/mol. The van der Waals surface area contributed by atoms with Crippen LogP contribution >= 0.6 is 24.0 Å². The molecule has 0 spiro atoms. The van der Waals surface area contributed by atoms with Gasteiger partial charge in [-0.1, -0.05) is 54.7 Å². The average molecular weight is 557 g/mol. The SMILES string of the molecule is COC(=O)c1ccc(/C=C2\SC(=S)N(CCCCCC(=O)NNC(=O)c3ccccc3[N+](=O)[O-])C2=O)cc1. The van der Waals surface area contributed by atoms with E-state index in [-0.39, 0.29) is 23.6 Å². The van der Waals surface area contributed by atoms with Gasteiger partial charge in [0.05, 0.1) is 22.5 Å². The van der Waals surface area contributed by atoms with Gasteiger partial charge in [0.2, 0.25) is 5.91 Å². The van der Waals surface area contributed by atoms with Gasteiger partial charge in [-0.25, -0.2) is 4.79 Å². The Morgan fingerprint density at radius 2 is 1.79 bits per heavy atom. The molecule has 2 aromatic carbocycles. The molecule has 3 rings (SSSR count). The molecule has 0 atom stereocenters. The van der Waals surface area contributed by atoms with E-state index in [2.05, 4.69) is 15.6 Å². The summed E-state index contributed by atoms with van der Waals surface area (Å²) in [5, 5.41) is 11.0. The minimum atomic E-state index is -0.785. The van der Waals surface area contributed by atoms with Crippen LogP contribution in [-0.4, -0.2) is 51.5 Å². The van der Waals surface area contributed by atoms with E-state index in [0.717, 1.165) is 5.56 Å². The Morgan fingerprint density at radius 3 is 2.47 bits per heavy atom. The van der Waals surface area contributed by atoms with E-state index >= 15 is 0 Å². The van der Waals surface area contributed by atoms with Gasteiger partial charge in [0.15, 0.2) is 0 Å². The summed E-state index contributed by atoms with van der Waals surface area (Å²) in [7, 11) is 1.31. The Kier molecular flexibility index (Phi) is 10.1. The third-order valence-corrected chi connectivity index (χ3v) is 6.83. The Balaban J connectivity index is 1.40. The number of amides is 3. The van der Waals surface area contributed by atoms with Crippen molar-refractivity contribution in [2.24, 2.45) is 0 Å². The molecule has 198 valence electrons. The monoisotopic (exact) mass is 556 g/mol. The first-order valence-electron chi connectivity index (χ1n) is 11.5. The number of hydrazine groups is 1. The molecule has 1 saturated heterocycles. The number of ether oxygens (including phenoxy) is 1. The normalized spacial score (nSPS) is 13.9. The molecule has 0 saturated carbocycles. The molecule has 38 heavy (non-hydrogen) atoms. The van der Waals surface area contributed by atoms with E-state index < -0.39 is 22.7 Å². The maximum atomic E-state index is 12.8. The molecule has 1 fully saturated rings. The average Bonchev–Trinajstić information content (AvgIpc) is 3.18. The van der Waals surface area contributed by atoms with Gasteiger partial charge in [-0.3, -0.25) is 40.2 Å². The lowest BCUT2D eigenvalue weighted by atomic mass is 10.1. The summed E-state index contributed by atoms with van der Waals surface area (Å²) in [6.45, 7) is 0.402. The second-order valence-corrected chi connectivity index (χ2v) is 9.71. The van der Waals surface area contributed by atoms with Gasteiger partial charge >= 0.3 is 5.97 Å². The van der Waals surface area contributed by atoms with Crippen LogP contribution in [0.2, 0.25) is 0 Å². The number of esters is 1. The standard InChI is InChI=1S/C25H24N4O7S2/c1-36-24(33)17-12-10-16(11-13-17)15-20-23(32)28(25(37)38-20)14-6-2-3-9-21(30)26-27-22(31)18-7-4-5-8-19(18)29(34)35/h4-5,7-8,10-13,15H,2-3,6,9,14H2,1H3,(H,26,30)(H,27,31)/b20-15-. The zero-order valence-electron chi connectivity index (χ0n) is 20.3. The summed E-state index contributed by atoms with van der Waals surface area (Å²) in [6, 6.07) is 12.1.